The fourth-order valence-electron chi connectivity index (χ4n) is 4.33. The van der Waals surface area contributed by atoms with Gasteiger partial charge in [0.25, 0.3) is 0 Å². The number of hydrogen-bond acceptors (Lipinski definition) is 3. The van der Waals surface area contributed by atoms with E-state index in [4.69, 9.17) is 4.74 Å². The van der Waals surface area contributed by atoms with E-state index in [0.29, 0.717) is 11.9 Å². The van der Waals surface area contributed by atoms with E-state index >= 15 is 0 Å². The first-order valence-electron chi connectivity index (χ1n) is 9.42. The van der Waals surface area contributed by atoms with Crippen molar-refractivity contribution in [1.82, 2.24) is 10.2 Å². The van der Waals surface area contributed by atoms with E-state index in [1.54, 1.807) is 0 Å². The van der Waals surface area contributed by atoms with Crippen molar-refractivity contribution in [2.75, 3.05) is 32.8 Å². The van der Waals surface area contributed by atoms with Crippen LogP contribution in [0, 0.1) is 11.8 Å². The molecule has 3 fully saturated rings. The maximum atomic E-state index is 12.5. The first kappa shape index (κ1) is 16.3. The van der Waals surface area contributed by atoms with Gasteiger partial charge in [0.2, 0.25) is 5.91 Å². The highest BCUT2D eigenvalue weighted by atomic mass is 16.5. The molecule has 1 unspecified atom stereocenters. The Kier molecular flexibility index (Phi) is 6.13. The van der Waals surface area contributed by atoms with Crippen molar-refractivity contribution in [1.29, 1.82) is 0 Å². The van der Waals surface area contributed by atoms with Crippen LogP contribution in [-0.2, 0) is 9.53 Å². The minimum atomic E-state index is 0.209. The van der Waals surface area contributed by atoms with Crippen LogP contribution < -0.4 is 5.32 Å². The van der Waals surface area contributed by atoms with Crippen LogP contribution in [0.3, 0.4) is 0 Å². The fraction of sp³-hybridized carbons (Fsp3) is 0.944. The van der Waals surface area contributed by atoms with Crippen LogP contribution in [0.2, 0.25) is 0 Å². The molecule has 4 nitrogen and oxygen atoms in total. The van der Waals surface area contributed by atoms with E-state index in [9.17, 15) is 4.79 Å². The van der Waals surface area contributed by atoms with E-state index in [-0.39, 0.29) is 5.92 Å². The lowest BCUT2D eigenvalue weighted by Gasteiger charge is -2.36. The van der Waals surface area contributed by atoms with Gasteiger partial charge in [0, 0.05) is 32.3 Å². The third-order valence-electron chi connectivity index (χ3n) is 5.69. The van der Waals surface area contributed by atoms with Crippen molar-refractivity contribution in [2.24, 2.45) is 11.8 Å². The first-order valence-corrected chi connectivity index (χ1v) is 9.42. The molecule has 2 saturated heterocycles. The number of rotatable bonds is 4. The van der Waals surface area contributed by atoms with Crippen LogP contribution in [0.5, 0.6) is 0 Å². The molecule has 0 radical (unpaired) electrons. The molecule has 2 aliphatic heterocycles. The Morgan fingerprint density at radius 3 is 2.55 bits per heavy atom. The lowest BCUT2D eigenvalue weighted by molar-refractivity contribution is -0.128. The van der Waals surface area contributed by atoms with Gasteiger partial charge in [-0.15, -0.1) is 0 Å². The van der Waals surface area contributed by atoms with Gasteiger partial charge in [0.05, 0.1) is 5.92 Å². The van der Waals surface area contributed by atoms with Crippen LogP contribution in [0.1, 0.15) is 57.8 Å². The van der Waals surface area contributed by atoms with E-state index in [0.717, 1.165) is 44.9 Å². The first-order chi connectivity index (χ1) is 10.8. The number of likely N-dealkylation sites (tertiary alicyclic amines) is 1. The highest BCUT2D eigenvalue weighted by Crippen LogP contribution is 2.26. The lowest BCUT2D eigenvalue weighted by atomic mass is 9.87. The van der Waals surface area contributed by atoms with Crippen LogP contribution in [0.15, 0.2) is 0 Å². The van der Waals surface area contributed by atoms with Gasteiger partial charge in [-0.25, -0.2) is 0 Å². The Morgan fingerprint density at radius 2 is 1.77 bits per heavy atom. The number of carbonyl (C=O) groups excluding carboxylic acids is 1. The zero-order chi connectivity index (χ0) is 15.2. The maximum Gasteiger partial charge on any atom is 0.224 e. The third-order valence-corrected chi connectivity index (χ3v) is 5.69. The highest BCUT2D eigenvalue weighted by molar-refractivity contribution is 5.79. The van der Waals surface area contributed by atoms with Crippen molar-refractivity contribution in [3.05, 3.63) is 0 Å². The van der Waals surface area contributed by atoms with Crippen molar-refractivity contribution in [3.8, 4) is 0 Å². The number of amides is 1. The normalized spacial score (nSPS) is 29.4. The predicted molar refractivity (Wildman–Crippen MR) is 87.7 cm³/mol. The Bertz CT molecular complexity index is 349. The van der Waals surface area contributed by atoms with Crippen molar-refractivity contribution in [3.63, 3.8) is 0 Å². The molecule has 126 valence electrons. The quantitative estimate of drug-likeness (QED) is 0.868. The average Bonchev–Trinajstić information content (AvgIpc) is 2.57. The second-order valence-electron chi connectivity index (χ2n) is 7.50. The van der Waals surface area contributed by atoms with Crippen LogP contribution >= 0.6 is 0 Å². The van der Waals surface area contributed by atoms with Gasteiger partial charge in [0.15, 0.2) is 0 Å². The topological polar surface area (TPSA) is 41.6 Å². The molecule has 0 aromatic carbocycles. The fourth-order valence-corrected chi connectivity index (χ4v) is 4.33. The summed E-state index contributed by atoms with van der Waals surface area (Å²) in [5, 5.41) is 3.27. The van der Waals surface area contributed by atoms with Crippen LogP contribution in [-0.4, -0.2) is 49.7 Å². The van der Waals surface area contributed by atoms with Gasteiger partial charge >= 0.3 is 0 Å². The van der Waals surface area contributed by atoms with Crippen molar-refractivity contribution >= 4 is 5.91 Å². The maximum absolute atomic E-state index is 12.5. The Morgan fingerprint density at radius 1 is 1.00 bits per heavy atom. The summed E-state index contributed by atoms with van der Waals surface area (Å²) in [5.41, 5.74) is 0. The monoisotopic (exact) mass is 308 g/mol. The number of ether oxygens (including phenoxy) is 1. The van der Waals surface area contributed by atoms with Gasteiger partial charge in [-0.1, -0.05) is 19.3 Å². The van der Waals surface area contributed by atoms with E-state index in [1.165, 1.54) is 51.6 Å². The molecule has 1 amide bonds. The number of carbonyl (C=O) groups is 1. The molecule has 3 rings (SSSR count). The summed E-state index contributed by atoms with van der Waals surface area (Å²) < 4.78 is 5.37. The molecule has 1 aliphatic carbocycles. The minimum Gasteiger partial charge on any atom is -0.381 e. The Hall–Kier alpha value is -0.610. The summed E-state index contributed by atoms with van der Waals surface area (Å²) in [6.45, 7) is 4.98. The molecule has 1 N–H and O–H groups in total. The Balaban J connectivity index is 1.43. The standard InChI is InChI=1S/C18H32N2O2/c21-18(19-17-8-11-22-12-9-17)16-7-4-10-20(14-16)13-15-5-2-1-3-6-15/h15-17H,1-14H2,(H,19,21). The highest BCUT2D eigenvalue weighted by Gasteiger charge is 2.29. The summed E-state index contributed by atoms with van der Waals surface area (Å²) >= 11 is 0. The molecule has 22 heavy (non-hydrogen) atoms. The second-order valence-corrected chi connectivity index (χ2v) is 7.50. The molecule has 0 aromatic heterocycles. The zero-order valence-electron chi connectivity index (χ0n) is 13.9. The Labute approximate surface area is 135 Å². The molecule has 4 heteroatoms. The van der Waals surface area contributed by atoms with Gasteiger partial charge in [-0.2, -0.15) is 0 Å². The van der Waals surface area contributed by atoms with Crippen molar-refractivity contribution < 1.29 is 9.53 Å². The molecule has 3 aliphatic rings. The van der Waals surface area contributed by atoms with Gasteiger partial charge in [-0.05, 0) is 51.0 Å². The lowest BCUT2D eigenvalue weighted by Crippen LogP contribution is -2.48. The molecular weight excluding hydrogens is 276 g/mol. The average molecular weight is 308 g/mol. The van der Waals surface area contributed by atoms with Gasteiger partial charge < -0.3 is 15.0 Å². The van der Waals surface area contributed by atoms with Crippen LogP contribution in [0.4, 0.5) is 0 Å². The molecule has 1 saturated carbocycles. The summed E-state index contributed by atoms with van der Waals surface area (Å²) in [6.07, 6.45) is 11.2. The van der Waals surface area contributed by atoms with Gasteiger partial charge in [0.1, 0.15) is 0 Å². The molecule has 2 heterocycles. The number of hydrogen-bond donors (Lipinski definition) is 1. The largest absolute Gasteiger partial charge is 0.381 e. The number of nitrogens with zero attached hydrogens (tertiary/aromatic N) is 1. The summed E-state index contributed by atoms with van der Waals surface area (Å²) in [6, 6.07) is 0.343. The van der Waals surface area contributed by atoms with E-state index in [1.807, 2.05) is 0 Å². The van der Waals surface area contributed by atoms with E-state index in [2.05, 4.69) is 10.2 Å². The summed E-state index contributed by atoms with van der Waals surface area (Å²) in [5.74, 6) is 1.38. The third kappa shape index (κ3) is 4.69. The predicted octanol–water partition coefficient (Wildman–Crippen LogP) is 2.57. The van der Waals surface area contributed by atoms with Gasteiger partial charge in [-0.3, -0.25) is 4.79 Å². The smallest absolute Gasteiger partial charge is 0.224 e. The van der Waals surface area contributed by atoms with Crippen LogP contribution in [0.25, 0.3) is 0 Å². The molecule has 0 spiro atoms. The zero-order valence-corrected chi connectivity index (χ0v) is 13.9. The summed E-state index contributed by atoms with van der Waals surface area (Å²) in [7, 11) is 0. The second kappa shape index (κ2) is 8.30. The molecular formula is C18H32N2O2. The summed E-state index contributed by atoms with van der Waals surface area (Å²) in [4.78, 5) is 15.1. The van der Waals surface area contributed by atoms with E-state index < -0.39 is 0 Å². The van der Waals surface area contributed by atoms with Crippen molar-refractivity contribution in [2.45, 2.75) is 63.8 Å². The minimum absolute atomic E-state index is 0.209. The number of nitrogens with one attached hydrogen (secondary N) is 1. The molecule has 1 atom stereocenters. The molecule has 0 bridgehead atoms. The molecule has 0 aromatic rings. The SMILES string of the molecule is O=C(NC1CCOCC1)C1CCCN(CC2CCCCC2)C1. The number of piperidine rings is 1.